The van der Waals surface area contributed by atoms with E-state index in [0.29, 0.717) is 33.6 Å². The van der Waals surface area contributed by atoms with Crippen molar-refractivity contribution < 1.29 is 9.53 Å². The number of ether oxygens (including phenoxy) is 1. The third kappa shape index (κ3) is 4.35. The average molecular weight is 410 g/mol. The van der Waals surface area contributed by atoms with Gasteiger partial charge in [-0.1, -0.05) is 60.3 Å². The van der Waals surface area contributed by atoms with Crippen molar-refractivity contribution in [3.05, 3.63) is 87.9 Å². The van der Waals surface area contributed by atoms with Crippen LogP contribution in [-0.4, -0.2) is 28.3 Å². The van der Waals surface area contributed by atoms with Crippen molar-refractivity contribution in [2.45, 2.75) is 24.9 Å². The molecule has 0 aliphatic carbocycles. The summed E-state index contributed by atoms with van der Waals surface area (Å²) >= 11 is 1.38. The fraction of sp³-hybridized carbons (Fsp3) is 0.227. The SMILES string of the molecule is C=CCOC(=O)C1=C(C)Nc2nc(SCC=C)[nH]c(=O)c2[C@H]1c1cccc(C)c1. The summed E-state index contributed by atoms with van der Waals surface area (Å²) in [5.41, 5.74) is 2.97. The van der Waals surface area contributed by atoms with Crippen molar-refractivity contribution in [1.29, 1.82) is 0 Å². The summed E-state index contributed by atoms with van der Waals surface area (Å²) in [6.45, 7) is 11.1. The van der Waals surface area contributed by atoms with Crippen LogP contribution in [0.25, 0.3) is 0 Å². The Morgan fingerprint density at radius 2 is 2.10 bits per heavy atom. The van der Waals surface area contributed by atoms with Crippen LogP contribution in [0.15, 0.2) is 70.8 Å². The van der Waals surface area contributed by atoms with Crippen molar-refractivity contribution >= 4 is 23.5 Å². The van der Waals surface area contributed by atoms with E-state index in [9.17, 15) is 9.59 Å². The van der Waals surface area contributed by atoms with Gasteiger partial charge in [0.15, 0.2) is 5.16 Å². The Morgan fingerprint density at radius 3 is 2.79 bits per heavy atom. The van der Waals surface area contributed by atoms with Crippen LogP contribution >= 0.6 is 11.8 Å². The highest BCUT2D eigenvalue weighted by atomic mass is 32.2. The molecule has 1 atom stereocenters. The lowest BCUT2D eigenvalue weighted by atomic mass is 9.82. The molecule has 2 aromatic rings. The molecule has 0 amide bonds. The van der Waals surface area contributed by atoms with E-state index in [1.807, 2.05) is 31.2 Å². The zero-order chi connectivity index (χ0) is 21.0. The molecule has 2 heterocycles. The molecular weight excluding hydrogens is 386 g/mol. The van der Waals surface area contributed by atoms with Gasteiger partial charge in [0, 0.05) is 11.4 Å². The lowest BCUT2D eigenvalue weighted by Crippen LogP contribution is -2.31. The second-order valence-corrected chi connectivity index (χ2v) is 7.64. The van der Waals surface area contributed by atoms with E-state index >= 15 is 0 Å². The molecule has 0 radical (unpaired) electrons. The van der Waals surface area contributed by atoms with Crippen LogP contribution in [0, 0.1) is 6.92 Å². The minimum absolute atomic E-state index is 0.0920. The normalized spacial score (nSPS) is 15.3. The number of benzene rings is 1. The topological polar surface area (TPSA) is 84.1 Å². The number of hydrogen-bond donors (Lipinski definition) is 2. The quantitative estimate of drug-likeness (QED) is 0.312. The number of anilines is 1. The first kappa shape index (κ1) is 20.7. The number of thioether (sulfide) groups is 1. The monoisotopic (exact) mass is 409 g/mol. The zero-order valence-corrected chi connectivity index (χ0v) is 17.3. The van der Waals surface area contributed by atoms with Crippen molar-refractivity contribution in [3.63, 3.8) is 0 Å². The van der Waals surface area contributed by atoms with Gasteiger partial charge in [-0.05, 0) is 19.4 Å². The second-order valence-electron chi connectivity index (χ2n) is 6.63. The fourth-order valence-corrected chi connectivity index (χ4v) is 3.90. The maximum atomic E-state index is 13.0. The number of H-pyrrole nitrogens is 1. The number of aromatic amines is 1. The van der Waals surface area contributed by atoms with Gasteiger partial charge >= 0.3 is 5.97 Å². The lowest BCUT2D eigenvalue weighted by molar-refractivity contribution is -0.138. The Bertz CT molecular complexity index is 1060. The molecule has 0 unspecified atom stereocenters. The molecule has 1 aromatic carbocycles. The number of aromatic nitrogens is 2. The van der Waals surface area contributed by atoms with E-state index in [4.69, 9.17) is 4.74 Å². The number of carbonyl (C=O) groups excluding carboxylic acids is 1. The molecule has 29 heavy (non-hydrogen) atoms. The molecule has 0 bridgehead atoms. The molecule has 0 saturated heterocycles. The van der Waals surface area contributed by atoms with Gasteiger partial charge in [0.05, 0.1) is 17.1 Å². The Labute approximate surface area is 173 Å². The Kier molecular flexibility index (Phi) is 6.39. The molecule has 0 spiro atoms. The summed E-state index contributed by atoms with van der Waals surface area (Å²) in [5.74, 6) is -0.00362. The highest BCUT2D eigenvalue weighted by Gasteiger charge is 2.36. The number of aryl methyl sites for hydroxylation is 1. The summed E-state index contributed by atoms with van der Waals surface area (Å²) in [6, 6.07) is 7.74. The van der Waals surface area contributed by atoms with Gasteiger partial charge in [0.2, 0.25) is 0 Å². The summed E-state index contributed by atoms with van der Waals surface area (Å²) in [4.78, 5) is 33.3. The van der Waals surface area contributed by atoms with E-state index in [1.165, 1.54) is 17.8 Å². The number of allylic oxidation sites excluding steroid dienone is 1. The average Bonchev–Trinajstić information content (AvgIpc) is 2.69. The third-order valence-electron chi connectivity index (χ3n) is 4.49. The van der Waals surface area contributed by atoms with Crippen LogP contribution in [0.1, 0.15) is 29.5 Å². The predicted molar refractivity (Wildman–Crippen MR) is 116 cm³/mol. The van der Waals surface area contributed by atoms with E-state index in [-0.39, 0.29) is 12.2 Å². The van der Waals surface area contributed by atoms with Gasteiger partial charge < -0.3 is 15.0 Å². The first-order chi connectivity index (χ1) is 14.0. The largest absolute Gasteiger partial charge is 0.458 e. The molecule has 2 N–H and O–H groups in total. The molecule has 1 aliphatic heterocycles. The van der Waals surface area contributed by atoms with Gasteiger partial charge in [-0.2, -0.15) is 0 Å². The van der Waals surface area contributed by atoms with E-state index < -0.39 is 11.9 Å². The fourth-order valence-electron chi connectivity index (χ4n) is 3.30. The van der Waals surface area contributed by atoms with Crippen LogP contribution < -0.4 is 10.9 Å². The van der Waals surface area contributed by atoms with Gasteiger partial charge in [-0.3, -0.25) is 4.79 Å². The maximum absolute atomic E-state index is 13.0. The van der Waals surface area contributed by atoms with Crippen molar-refractivity contribution in [2.75, 3.05) is 17.7 Å². The first-order valence-corrected chi connectivity index (χ1v) is 10.1. The third-order valence-corrected chi connectivity index (χ3v) is 5.36. The van der Waals surface area contributed by atoms with Gasteiger partial charge in [-0.15, -0.1) is 6.58 Å². The lowest BCUT2D eigenvalue weighted by Gasteiger charge is -2.29. The molecule has 0 saturated carbocycles. The highest BCUT2D eigenvalue weighted by Crippen LogP contribution is 2.40. The zero-order valence-electron chi connectivity index (χ0n) is 16.5. The second kappa shape index (κ2) is 8.96. The summed E-state index contributed by atoms with van der Waals surface area (Å²) in [7, 11) is 0. The number of fused-ring (bicyclic) bond motifs is 1. The van der Waals surface area contributed by atoms with Crippen molar-refractivity contribution in [3.8, 4) is 0 Å². The molecule has 1 aromatic heterocycles. The van der Waals surface area contributed by atoms with E-state index in [2.05, 4.69) is 28.4 Å². The number of hydrogen-bond acceptors (Lipinski definition) is 6. The van der Waals surface area contributed by atoms with E-state index in [0.717, 1.165) is 11.1 Å². The standard InChI is InChI=1S/C22H23N3O3S/c1-5-10-28-21(27)16-14(4)23-19-18(17(16)15-9-7-8-13(3)12-15)20(26)25-22(24-19)29-11-6-2/h5-9,12,17H,1-2,10-11H2,3-4H3,(H2,23,24,25,26)/t17-/m0/s1. The Morgan fingerprint density at radius 1 is 1.31 bits per heavy atom. The molecule has 7 heteroatoms. The van der Waals surface area contributed by atoms with E-state index in [1.54, 1.807) is 13.0 Å². The molecular formula is C22H23N3O3S. The molecule has 6 nitrogen and oxygen atoms in total. The predicted octanol–water partition coefficient (Wildman–Crippen LogP) is 3.92. The van der Waals surface area contributed by atoms with Crippen molar-refractivity contribution in [2.24, 2.45) is 0 Å². The number of nitrogens with zero attached hydrogens (tertiary/aromatic N) is 1. The van der Waals surface area contributed by atoms with Crippen LogP contribution in [0.4, 0.5) is 5.82 Å². The molecule has 3 rings (SSSR count). The highest BCUT2D eigenvalue weighted by molar-refractivity contribution is 7.99. The molecule has 1 aliphatic rings. The van der Waals surface area contributed by atoms with Crippen LogP contribution in [0.2, 0.25) is 0 Å². The minimum atomic E-state index is -0.585. The number of carbonyl (C=O) groups is 1. The number of esters is 1. The minimum Gasteiger partial charge on any atom is -0.458 e. The maximum Gasteiger partial charge on any atom is 0.337 e. The Balaban J connectivity index is 2.18. The summed E-state index contributed by atoms with van der Waals surface area (Å²) in [6.07, 6.45) is 3.25. The first-order valence-electron chi connectivity index (χ1n) is 9.16. The summed E-state index contributed by atoms with van der Waals surface area (Å²) < 4.78 is 5.31. The number of rotatable bonds is 7. The Hall–Kier alpha value is -3.06. The summed E-state index contributed by atoms with van der Waals surface area (Å²) in [5, 5.41) is 3.62. The smallest absolute Gasteiger partial charge is 0.337 e. The van der Waals surface area contributed by atoms with Crippen LogP contribution in [0.3, 0.4) is 0 Å². The van der Waals surface area contributed by atoms with Crippen LogP contribution in [-0.2, 0) is 9.53 Å². The van der Waals surface area contributed by atoms with Gasteiger partial charge in [0.1, 0.15) is 12.4 Å². The number of nitrogens with one attached hydrogen (secondary N) is 2. The van der Waals surface area contributed by atoms with Crippen molar-refractivity contribution in [1.82, 2.24) is 9.97 Å². The molecule has 0 fully saturated rings. The molecule has 150 valence electrons. The van der Waals surface area contributed by atoms with Crippen LogP contribution in [0.5, 0.6) is 0 Å². The van der Waals surface area contributed by atoms with Gasteiger partial charge in [0.25, 0.3) is 5.56 Å². The van der Waals surface area contributed by atoms with Gasteiger partial charge in [-0.25, -0.2) is 9.78 Å².